The number of benzene rings is 1. The summed E-state index contributed by atoms with van der Waals surface area (Å²) in [6.45, 7) is 5.05. The van der Waals surface area contributed by atoms with Crippen molar-refractivity contribution in [1.29, 1.82) is 0 Å². The summed E-state index contributed by atoms with van der Waals surface area (Å²) in [7, 11) is 0. The van der Waals surface area contributed by atoms with Gasteiger partial charge in [0.25, 0.3) is 0 Å². The summed E-state index contributed by atoms with van der Waals surface area (Å²) in [6, 6.07) is 4.66. The van der Waals surface area contributed by atoms with Gasteiger partial charge in [0.15, 0.2) is 17.6 Å². The molecule has 1 unspecified atom stereocenters. The number of carbonyl (C=O) groups is 1. The van der Waals surface area contributed by atoms with E-state index >= 15 is 0 Å². The number of aliphatic hydroxyl groups is 1. The minimum atomic E-state index is -1.55. The lowest BCUT2D eigenvalue weighted by atomic mass is 9.97. The molecule has 0 fully saturated rings. The molecule has 1 aliphatic rings. The maximum Gasteiger partial charge on any atom is 0.337 e. The molecule has 0 aliphatic carbocycles. The third-order valence-electron chi connectivity index (χ3n) is 2.75. The van der Waals surface area contributed by atoms with Crippen LogP contribution in [0.2, 0.25) is 0 Å². The lowest BCUT2D eigenvalue weighted by molar-refractivity contribution is -0.146. The topological polar surface area (TPSA) is 76.0 Å². The van der Waals surface area contributed by atoms with Gasteiger partial charge < -0.3 is 19.7 Å². The van der Waals surface area contributed by atoms with Gasteiger partial charge in [-0.15, -0.1) is 0 Å². The molecule has 0 saturated heterocycles. The summed E-state index contributed by atoms with van der Waals surface area (Å²) in [5.74, 6) is -0.245. The predicted molar refractivity (Wildman–Crippen MR) is 63.8 cm³/mol. The largest absolute Gasteiger partial charge is 0.489 e. The van der Waals surface area contributed by atoms with E-state index in [0.29, 0.717) is 24.7 Å². The summed E-state index contributed by atoms with van der Waals surface area (Å²) in [4.78, 5) is 10.7. The van der Waals surface area contributed by atoms with Crippen LogP contribution in [0.15, 0.2) is 18.2 Å². The van der Waals surface area contributed by atoms with Crippen LogP contribution >= 0.6 is 0 Å². The quantitative estimate of drug-likeness (QED) is 0.836. The van der Waals surface area contributed by atoms with Crippen LogP contribution in [-0.4, -0.2) is 29.4 Å². The minimum absolute atomic E-state index is 0.107. The fourth-order valence-electron chi connectivity index (χ4n) is 1.66. The van der Waals surface area contributed by atoms with Gasteiger partial charge in [-0.25, -0.2) is 4.79 Å². The van der Waals surface area contributed by atoms with Gasteiger partial charge in [-0.3, -0.25) is 0 Å². The Labute approximate surface area is 105 Å². The minimum Gasteiger partial charge on any atom is -0.489 e. The average molecular weight is 252 g/mol. The Morgan fingerprint density at radius 1 is 1.28 bits per heavy atom. The molecule has 98 valence electrons. The lowest BCUT2D eigenvalue weighted by Crippen LogP contribution is -2.26. The van der Waals surface area contributed by atoms with Crippen molar-refractivity contribution < 1.29 is 24.5 Å². The number of fused-ring (bicyclic) bond motifs is 1. The molecule has 0 bridgehead atoms. The Balaban J connectivity index is 2.28. The third kappa shape index (κ3) is 2.56. The number of carboxylic acids is 1. The number of rotatable bonds is 2. The Kier molecular flexibility index (Phi) is 3.17. The fourth-order valence-corrected chi connectivity index (χ4v) is 1.66. The summed E-state index contributed by atoms with van der Waals surface area (Å²) in [6.07, 6.45) is -1.55. The normalized spacial score (nSPS) is 18.8. The highest BCUT2D eigenvalue weighted by Crippen LogP contribution is 2.35. The van der Waals surface area contributed by atoms with Crippen LogP contribution in [0.3, 0.4) is 0 Å². The van der Waals surface area contributed by atoms with Crippen molar-refractivity contribution in [3.8, 4) is 11.5 Å². The molecule has 1 aromatic rings. The molecule has 0 radical (unpaired) electrons. The summed E-state index contributed by atoms with van der Waals surface area (Å²) in [5.41, 5.74) is 0.175. The van der Waals surface area contributed by atoms with Crippen molar-refractivity contribution >= 4 is 5.97 Å². The molecule has 0 spiro atoms. The van der Waals surface area contributed by atoms with Gasteiger partial charge in [-0.05, 0) is 17.7 Å². The Morgan fingerprint density at radius 2 is 1.89 bits per heavy atom. The first-order valence-corrected chi connectivity index (χ1v) is 5.69. The molecule has 2 N–H and O–H groups in total. The van der Waals surface area contributed by atoms with Gasteiger partial charge in [-0.2, -0.15) is 0 Å². The molecule has 1 aliphatic heterocycles. The number of hydrogen-bond acceptors (Lipinski definition) is 4. The SMILES string of the molecule is CC1(C)COc2ccc(C(O)C(=O)O)cc2OC1. The van der Waals surface area contributed by atoms with Gasteiger partial charge >= 0.3 is 5.97 Å². The molecule has 0 aromatic heterocycles. The van der Waals surface area contributed by atoms with Crippen molar-refractivity contribution in [3.63, 3.8) is 0 Å². The van der Waals surface area contributed by atoms with E-state index in [-0.39, 0.29) is 11.0 Å². The van der Waals surface area contributed by atoms with Gasteiger partial charge in [-0.1, -0.05) is 19.9 Å². The molecule has 18 heavy (non-hydrogen) atoms. The first-order chi connectivity index (χ1) is 8.39. The standard InChI is InChI=1S/C13H16O5/c1-13(2)6-17-9-4-3-8(11(14)12(15)16)5-10(9)18-7-13/h3-5,11,14H,6-7H2,1-2H3,(H,15,16). The monoisotopic (exact) mass is 252 g/mol. The number of ether oxygens (including phenoxy) is 2. The number of hydrogen-bond donors (Lipinski definition) is 2. The van der Waals surface area contributed by atoms with Gasteiger partial charge in [0.1, 0.15) is 0 Å². The van der Waals surface area contributed by atoms with E-state index in [4.69, 9.17) is 14.6 Å². The van der Waals surface area contributed by atoms with Gasteiger partial charge in [0.2, 0.25) is 0 Å². The molecule has 5 heteroatoms. The van der Waals surface area contributed by atoms with Crippen molar-refractivity contribution in [2.24, 2.45) is 5.41 Å². The Bertz CT molecular complexity index is 466. The second-order valence-electron chi connectivity index (χ2n) is 5.19. The van der Waals surface area contributed by atoms with Gasteiger partial charge in [0.05, 0.1) is 13.2 Å². The first-order valence-electron chi connectivity index (χ1n) is 5.69. The van der Waals surface area contributed by atoms with Crippen molar-refractivity contribution in [2.45, 2.75) is 20.0 Å². The zero-order valence-electron chi connectivity index (χ0n) is 10.3. The average Bonchev–Trinajstić information content (AvgIpc) is 2.47. The molecular formula is C13H16O5. The van der Waals surface area contributed by atoms with E-state index in [1.54, 1.807) is 6.07 Å². The summed E-state index contributed by atoms with van der Waals surface area (Å²) in [5, 5.41) is 18.2. The molecule has 1 heterocycles. The smallest absolute Gasteiger partial charge is 0.337 e. The van der Waals surface area contributed by atoms with E-state index in [9.17, 15) is 9.90 Å². The fraction of sp³-hybridized carbons (Fsp3) is 0.462. The highest BCUT2D eigenvalue weighted by molar-refractivity contribution is 5.74. The molecule has 1 aromatic carbocycles. The first kappa shape index (κ1) is 12.7. The van der Waals surface area contributed by atoms with E-state index < -0.39 is 12.1 Å². The maximum absolute atomic E-state index is 10.7. The van der Waals surface area contributed by atoms with Crippen LogP contribution in [0.25, 0.3) is 0 Å². The molecule has 5 nitrogen and oxygen atoms in total. The van der Waals surface area contributed by atoms with Crippen LogP contribution in [0.4, 0.5) is 0 Å². The second kappa shape index (κ2) is 4.49. The number of aliphatic carboxylic acids is 1. The highest BCUT2D eigenvalue weighted by Gasteiger charge is 2.26. The van der Waals surface area contributed by atoms with Crippen LogP contribution in [0, 0.1) is 5.41 Å². The predicted octanol–water partition coefficient (Wildman–Crippen LogP) is 1.60. The summed E-state index contributed by atoms with van der Waals surface area (Å²) >= 11 is 0. The van der Waals surface area contributed by atoms with Crippen molar-refractivity contribution in [1.82, 2.24) is 0 Å². The van der Waals surface area contributed by atoms with Gasteiger partial charge in [0, 0.05) is 5.41 Å². The Morgan fingerprint density at radius 3 is 2.50 bits per heavy atom. The zero-order chi connectivity index (χ0) is 13.3. The lowest BCUT2D eigenvalue weighted by Gasteiger charge is -2.19. The number of carboxylic acid groups (broad SMARTS) is 1. The number of aliphatic hydroxyl groups excluding tert-OH is 1. The molecule has 0 saturated carbocycles. The van der Waals surface area contributed by atoms with Crippen LogP contribution in [-0.2, 0) is 4.79 Å². The van der Waals surface area contributed by atoms with Crippen molar-refractivity contribution in [2.75, 3.05) is 13.2 Å². The molecular weight excluding hydrogens is 236 g/mol. The molecule has 1 atom stereocenters. The van der Waals surface area contributed by atoms with Crippen LogP contribution < -0.4 is 9.47 Å². The molecule has 2 rings (SSSR count). The third-order valence-corrected chi connectivity index (χ3v) is 2.75. The van der Waals surface area contributed by atoms with E-state index in [1.807, 2.05) is 13.8 Å². The van der Waals surface area contributed by atoms with Crippen LogP contribution in [0.1, 0.15) is 25.5 Å². The van der Waals surface area contributed by atoms with E-state index in [0.717, 1.165) is 0 Å². The molecule has 0 amide bonds. The van der Waals surface area contributed by atoms with E-state index in [2.05, 4.69) is 0 Å². The maximum atomic E-state index is 10.7. The summed E-state index contributed by atoms with van der Waals surface area (Å²) < 4.78 is 11.2. The second-order valence-corrected chi connectivity index (χ2v) is 5.19. The Hall–Kier alpha value is -1.75. The van der Waals surface area contributed by atoms with E-state index in [1.165, 1.54) is 12.1 Å². The zero-order valence-corrected chi connectivity index (χ0v) is 10.3. The van der Waals surface area contributed by atoms with Crippen molar-refractivity contribution in [3.05, 3.63) is 23.8 Å². The highest BCUT2D eigenvalue weighted by atomic mass is 16.5. The van der Waals surface area contributed by atoms with Crippen LogP contribution in [0.5, 0.6) is 11.5 Å².